The quantitative estimate of drug-likeness (QED) is 0.500. The highest BCUT2D eigenvalue weighted by Crippen LogP contribution is 2.29. The lowest BCUT2D eigenvalue weighted by Gasteiger charge is -2.18. The normalized spacial score (nSPS) is 12.8. The Hall–Kier alpha value is -3.58. The molecule has 1 amide bonds. The minimum atomic E-state index is -0.370. The number of carbonyl (C=O) groups is 3. The molecule has 0 unspecified atom stereocenters. The van der Waals surface area contributed by atoms with Gasteiger partial charge in [-0.25, -0.2) is 4.98 Å². The zero-order valence-corrected chi connectivity index (χ0v) is 15.5. The summed E-state index contributed by atoms with van der Waals surface area (Å²) < 4.78 is 1.85. The number of ketones is 2. The maximum absolute atomic E-state index is 12.8. The molecule has 2 aromatic heterocycles. The van der Waals surface area contributed by atoms with Crippen LogP contribution in [0.25, 0.3) is 4.96 Å². The van der Waals surface area contributed by atoms with Crippen LogP contribution in [0.15, 0.2) is 54.0 Å². The third-order valence-corrected chi connectivity index (χ3v) is 5.76. The van der Waals surface area contributed by atoms with E-state index in [-0.39, 0.29) is 17.5 Å². The lowest BCUT2D eigenvalue weighted by atomic mass is 9.84. The second kappa shape index (κ2) is 5.97. The van der Waals surface area contributed by atoms with Crippen molar-refractivity contribution in [1.82, 2.24) is 9.38 Å². The van der Waals surface area contributed by atoms with E-state index in [2.05, 4.69) is 10.3 Å². The van der Waals surface area contributed by atoms with Gasteiger partial charge in [-0.2, -0.15) is 0 Å². The number of aromatic nitrogens is 2. The van der Waals surface area contributed by atoms with Crippen LogP contribution >= 0.6 is 11.3 Å². The molecule has 4 aromatic rings. The van der Waals surface area contributed by atoms with Crippen molar-refractivity contribution >= 4 is 39.5 Å². The molecule has 0 spiro atoms. The van der Waals surface area contributed by atoms with Crippen molar-refractivity contribution in [3.8, 4) is 0 Å². The zero-order valence-electron chi connectivity index (χ0n) is 14.7. The first kappa shape index (κ1) is 16.6. The van der Waals surface area contributed by atoms with Gasteiger partial charge in [0, 0.05) is 45.2 Å². The van der Waals surface area contributed by atoms with Crippen LogP contribution in [-0.4, -0.2) is 26.9 Å². The van der Waals surface area contributed by atoms with E-state index in [1.165, 1.54) is 11.3 Å². The summed E-state index contributed by atoms with van der Waals surface area (Å²) in [6.45, 7) is 1.94. The smallest absolute Gasteiger partial charge is 0.275 e. The van der Waals surface area contributed by atoms with E-state index < -0.39 is 0 Å². The van der Waals surface area contributed by atoms with Crippen LogP contribution in [0.2, 0.25) is 0 Å². The van der Waals surface area contributed by atoms with Crippen LogP contribution in [0.4, 0.5) is 5.69 Å². The summed E-state index contributed by atoms with van der Waals surface area (Å²) in [5.41, 5.74) is 3.17. The van der Waals surface area contributed by atoms with Gasteiger partial charge >= 0.3 is 0 Å². The predicted molar refractivity (Wildman–Crippen MR) is 106 cm³/mol. The predicted octanol–water partition coefficient (Wildman–Crippen LogP) is 3.73. The first-order valence-electron chi connectivity index (χ1n) is 8.60. The van der Waals surface area contributed by atoms with Crippen LogP contribution < -0.4 is 5.32 Å². The topological polar surface area (TPSA) is 80.5 Å². The summed E-state index contributed by atoms with van der Waals surface area (Å²) >= 11 is 1.46. The first-order chi connectivity index (χ1) is 13.5. The number of nitrogens with zero attached hydrogens (tertiary/aromatic N) is 2. The van der Waals surface area contributed by atoms with Crippen molar-refractivity contribution in [1.29, 1.82) is 0 Å². The average molecular weight is 387 g/mol. The average Bonchev–Trinajstić information content (AvgIpc) is 3.28. The Morgan fingerprint density at radius 3 is 2.39 bits per heavy atom. The Bertz CT molecular complexity index is 1320. The molecule has 1 aliphatic carbocycles. The van der Waals surface area contributed by atoms with E-state index in [1.54, 1.807) is 48.7 Å². The summed E-state index contributed by atoms with van der Waals surface area (Å²) in [5, 5.41) is 4.73. The van der Waals surface area contributed by atoms with Gasteiger partial charge in [0.25, 0.3) is 5.91 Å². The van der Waals surface area contributed by atoms with E-state index >= 15 is 0 Å². The number of benzene rings is 2. The maximum atomic E-state index is 12.8. The second-order valence-corrected chi connectivity index (χ2v) is 7.41. The van der Waals surface area contributed by atoms with Gasteiger partial charge in [-0.1, -0.05) is 24.3 Å². The molecule has 136 valence electrons. The number of anilines is 1. The molecule has 1 N–H and O–H groups in total. The molecular formula is C21H13N3O3S. The van der Waals surface area contributed by atoms with Crippen LogP contribution in [0.1, 0.15) is 48.0 Å². The molecule has 2 heterocycles. The van der Waals surface area contributed by atoms with Gasteiger partial charge in [-0.15, -0.1) is 11.3 Å². The fraction of sp³-hybridized carbons (Fsp3) is 0.0476. The molecule has 28 heavy (non-hydrogen) atoms. The summed E-state index contributed by atoms with van der Waals surface area (Å²) in [7, 11) is 0. The molecule has 0 saturated heterocycles. The summed E-state index contributed by atoms with van der Waals surface area (Å²) in [4.78, 5) is 43.1. The standard InChI is InChI=1S/C21H13N3O3S/c1-11-10-28-21-23-17(9-24(11)21)20(27)22-12-6-7-15-16(8-12)19(26)14-5-3-2-4-13(14)18(15)25/h2-10H,1H3,(H,22,27). The molecule has 5 rings (SSSR count). The van der Waals surface area contributed by atoms with Crippen molar-refractivity contribution < 1.29 is 14.4 Å². The minimum absolute atomic E-state index is 0.187. The molecule has 0 saturated carbocycles. The van der Waals surface area contributed by atoms with Gasteiger partial charge in [0.15, 0.2) is 16.5 Å². The number of rotatable bonds is 2. The van der Waals surface area contributed by atoms with E-state index in [4.69, 9.17) is 0 Å². The molecule has 0 bridgehead atoms. The fourth-order valence-electron chi connectivity index (χ4n) is 3.38. The molecule has 0 fully saturated rings. The number of carbonyl (C=O) groups excluding carboxylic acids is 3. The number of nitrogens with one attached hydrogen (secondary N) is 1. The molecular weight excluding hydrogens is 374 g/mol. The summed E-state index contributed by atoms with van der Waals surface area (Å²) in [6, 6.07) is 11.5. The third kappa shape index (κ3) is 2.40. The van der Waals surface area contributed by atoms with Crippen molar-refractivity contribution in [3.05, 3.63) is 87.7 Å². The number of amides is 1. The minimum Gasteiger partial charge on any atom is -0.321 e. The lowest BCUT2D eigenvalue weighted by molar-refractivity contribution is 0.0979. The Kier molecular flexibility index (Phi) is 3.53. The van der Waals surface area contributed by atoms with Gasteiger partial charge in [0.2, 0.25) is 0 Å². The largest absolute Gasteiger partial charge is 0.321 e. The number of hydrogen-bond donors (Lipinski definition) is 1. The molecule has 2 aromatic carbocycles. The molecule has 1 aliphatic rings. The van der Waals surface area contributed by atoms with Gasteiger partial charge in [-0.05, 0) is 25.1 Å². The number of fused-ring (bicyclic) bond motifs is 3. The number of imidazole rings is 1. The Morgan fingerprint density at radius 1 is 1.00 bits per heavy atom. The van der Waals surface area contributed by atoms with Crippen LogP contribution in [0, 0.1) is 6.92 Å². The molecule has 0 aliphatic heterocycles. The zero-order chi connectivity index (χ0) is 19.4. The number of hydrogen-bond acceptors (Lipinski definition) is 5. The highest BCUT2D eigenvalue weighted by atomic mass is 32.1. The number of aryl methyl sites for hydroxylation is 1. The van der Waals surface area contributed by atoms with Gasteiger partial charge in [-0.3, -0.25) is 18.8 Å². The highest BCUT2D eigenvalue weighted by Gasteiger charge is 2.29. The summed E-state index contributed by atoms with van der Waals surface area (Å²) in [5.74, 6) is -0.780. The SMILES string of the molecule is Cc1csc2nc(C(=O)Nc3ccc4c(c3)C(=O)c3ccccc3C4=O)cn12. The first-order valence-corrected chi connectivity index (χ1v) is 9.48. The van der Waals surface area contributed by atoms with Gasteiger partial charge in [0.1, 0.15) is 5.69 Å². The Labute approximate surface area is 163 Å². The van der Waals surface area contributed by atoms with Gasteiger partial charge < -0.3 is 5.32 Å². The van der Waals surface area contributed by atoms with Crippen LogP contribution in [0.3, 0.4) is 0 Å². The van der Waals surface area contributed by atoms with Gasteiger partial charge in [0.05, 0.1) is 0 Å². The van der Waals surface area contributed by atoms with Crippen molar-refractivity contribution in [2.75, 3.05) is 5.32 Å². The maximum Gasteiger partial charge on any atom is 0.275 e. The Balaban J connectivity index is 1.48. The fourth-order valence-corrected chi connectivity index (χ4v) is 4.23. The molecule has 7 heteroatoms. The molecule has 0 atom stereocenters. The van der Waals surface area contributed by atoms with Crippen molar-refractivity contribution in [2.24, 2.45) is 0 Å². The highest BCUT2D eigenvalue weighted by molar-refractivity contribution is 7.15. The monoisotopic (exact) mass is 387 g/mol. The van der Waals surface area contributed by atoms with E-state index in [9.17, 15) is 14.4 Å². The second-order valence-electron chi connectivity index (χ2n) is 6.57. The van der Waals surface area contributed by atoms with Crippen LogP contribution in [0.5, 0.6) is 0 Å². The summed E-state index contributed by atoms with van der Waals surface area (Å²) in [6.07, 6.45) is 1.68. The third-order valence-electron chi connectivity index (χ3n) is 4.80. The molecule has 0 radical (unpaired) electrons. The van der Waals surface area contributed by atoms with Crippen LogP contribution in [-0.2, 0) is 0 Å². The lowest BCUT2D eigenvalue weighted by Crippen LogP contribution is -2.21. The van der Waals surface area contributed by atoms with Crippen molar-refractivity contribution in [2.45, 2.75) is 6.92 Å². The Morgan fingerprint density at radius 2 is 1.68 bits per heavy atom. The molecule has 6 nitrogen and oxygen atoms in total. The van der Waals surface area contributed by atoms with E-state index in [0.29, 0.717) is 33.6 Å². The number of thiazole rings is 1. The van der Waals surface area contributed by atoms with Crippen molar-refractivity contribution in [3.63, 3.8) is 0 Å². The van der Waals surface area contributed by atoms with E-state index in [1.807, 2.05) is 16.7 Å². The van der Waals surface area contributed by atoms with E-state index in [0.717, 1.165) is 10.7 Å².